The molecule has 2 aromatic carbocycles. The van der Waals surface area contributed by atoms with Gasteiger partial charge in [-0.2, -0.15) is 13.2 Å². The second kappa shape index (κ2) is 9.97. The Balaban J connectivity index is 1.92. The number of hydrogen-bond donors (Lipinski definition) is 1. The summed E-state index contributed by atoms with van der Waals surface area (Å²) in [4.78, 5) is 16.6. The number of nitrogens with zero attached hydrogens (tertiary/aromatic N) is 1. The molecule has 3 atom stereocenters. The van der Waals surface area contributed by atoms with Crippen LogP contribution >= 0.6 is 0 Å². The number of aliphatic imine (C=N–C) groups is 1. The van der Waals surface area contributed by atoms with Crippen molar-refractivity contribution in [3.05, 3.63) is 96.1 Å². The third-order valence-corrected chi connectivity index (χ3v) is 6.09. The molecule has 0 saturated carbocycles. The number of carbonyl (C=O) groups excluding carboxylic acids is 1. The van der Waals surface area contributed by atoms with Gasteiger partial charge >= 0.3 is 6.18 Å². The average molecular weight is 471 g/mol. The van der Waals surface area contributed by atoms with Gasteiger partial charge in [-0.3, -0.25) is 9.79 Å². The molecule has 1 aliphatic heterocycles. The van der Waals surface area contributed by atoms with E-state index < -0.39 is 28.9 Å². The molecule has 0 aliphatic carbocycles. The number of alkyl halides is 3. The lowest BCUT2D eigenvalue weighted by Gasteiger charge is -2.30. The van der Waals surface area contributed by atoms with Gasteiger partial charge in [0.05, 0.1) is 23.8 Å². The van der Waals surface area contributed by atoms with Crippen LogP contribution in [0.25, 0.3) is 0 Å². The molecule has 1 amide bonds. The molecule has 3 rings (SSSR count). The van der Waals surface area contributed by atoms with Crippen LogP contribution in [-0.2, 0) is 21.2 Å². The van der Waals surface area contributed by atoms with Crippen LogP contribution < -0.4 is 5.32 Å². The number of aryl methyl sites for hydroxylation is 1. The van der Waals surface area contributed by atoms with Crippen LogP contribution in [0.3, 0.4) is 0 Å². The summed E-state index contributed by atoms with van der Waals surface area (Å²) < 4.78 is 46.0. The van der Waals surface area contributed by atoms with Gasteiger partial charge in [0.2, 0.25) is 5.91 Å². The number of carbonyl (C=O) groups is 1. The van der Waals surface area contributed by atoms with Crippen LogP contribution in [0.1, 0.15) is 48.1 Å². The fourth-order valence-electron chi connectivity index (χ4n) is 3.95. The number of halogens is 3. The number of hydrogen-bond acceptors (Lipinski definition) is 3. The highest BCUT2D eigenvalue weighted by Crippen LogP contribution is 2.35. The molecular weight excluding hydrogens is 441 g/mol. The lowest BCUT2D eigenvalue weighted by molar-refractivity contribution is -0.137. The van der Waals surface area contributed by atoms with Crippen molar-refractivity contribution in [2.24, 2.45) is 4.99 Å². The largest absolute Gasteiger partial charge is 0.416 e. The molecule has 0 unspecified atom stereocenters. The molecule has 34 heavy (non-hydrogen) atoms. The summed E-state index contributed by atoms with van der Waals surface area (Å²) in [6.45, 7) is 11.2. The predicted molar refractivity (Wildman–Crippen MR) is 128 cm³/mol. The Labute approximate surface area is 198 Å². The van der Waals surface area contributed by atoms with E-state index in [9.17, 15) is 18.0 Å². The second-order valence-electron chi connectivity index (χ2n) is 8.63. The maximum Gasteiger partial charge on any atom is 0.416 e. The van der Waals surface area contributed by atoms with Crippen LogP contribution in [0.4, 0.5) is 13.2 Å². The monoisotopic (exact) mass is 470 g/mol. The minimum atomic E-state index is -4.44. The van der Waals surface area contributed by atoms with Crippen molar-refractivity contribution in [2.75, 3.05) is 6.61 Å². The maximum atomic E-state index is 13.3. The van der Waals surface area contributed by atoms with Gasteiger partial charge in [0, 0.05) is 12.6 Å². The highest BCUT2D eigenvalue weighted by atomic mass is 19.4. The number of ether oxygens (including phenoxy) is 1. The van der Waals surface area contributed by atoms with Crippen molar-refractivity contribution in [2.45, 2.75) is 50.0 Å². The Kier molecular flexibility index (Phi) is 7.46. The minimum absolute atomic E-state index is 0.0364. The Hall–Kier alpha value is -3.19. The molecule has 2 aromatic rings. The summed E-state index contributed by atoms with van der Waals surface area (Å²) in [6.07, 6.45) is 0.783. The van der Waals surface area contributed by atoms with E-state index >= 15 is 0 Å². The molecule has 1 N–H and O–H groups in total. The van der Waals surface area contributed by atoms with Gasteiger partial charge in [-0.25, -0.2) is 0 Å². The van der Waals surface area contributed by atoms with E-state index in [1.807, 2.05) is 30.3 Å². The van der Waals surface area contributed by atoms with Crippen molar-refractivity contribution in [3.63, 3.8) is 0 Å². The fraction of sp³-hybridized carbons (Fsp3) is 0.333. The number of nitrogens with one attached hydrogen (secondary N) is 1. The van der Waals surface area contributed by atoms with Crippen molar-refractivity contribution >= 4 is 12.1 Å². The number of amides is 1. The van der Waals surface area contributed by atoms with E-state index in [0.29, 0.717) is 24.0 Å². The average Bonchev–Trinajstić information content (AvgIpc) is 3.20. The lowest BCUT2D eigenvalue weighted by Crippen LogP contribution is -2.42. The van der Waals surface area contributed by atoms with Crippen molar-refractivity contribution in [1.29, 1.82) is 0 Å². The third-order valence-electron chi connectivity index (χ3n) is 6.09. The molecular formula is C27H29F3N2O2. The second-order valence-corrected chi connectivity index (χ2v) is 8.63. The van der Waals surface area contributed by atoms with Gasteiger partial charge in [-0.05, 0) is 43.5 Å². The Bertz CT molecular complexity index is 1080. The Morgan fingerprint density at radius 1 is 1.18 bits per heavy atom. The summed E-state index contributed by atoms with van der Waals surface area (Å²) in [5, 5.41) is 2.89. The van der Waals surface area contributed by atoms with Crippen LogP contribution in [-0.4, -0.2) is 24.3 Å². The Morgan fingerprint density at radius 2 is 1.88 bits per heavy atom. The normalized spacial score (nSPS) is 21.1. The summed E-state index contributed by atoms with van der Waals surface area (Å²) in [5.41, 5.74) is -0.773. The van der Waals surface area contributed by atoms with Crippen molar-refractivity contribution < 1.29 is 22.7 Å². The van der Waals surface area contributed by atoms with E-state index in [-0.39, 0.29) is 12.5 Å². The van der Waals surface area contributed by atoms with Crippen LogP contribution in [0.5, 0.6) is 0 Å². The van der Waals surface area contributed by atoms with Gasteiger partial charge in [0.15, 0.2) is 0 Å². The van der Waals surface area contributed by atoms with E-state index in [1.54, 1.807) is 38.3 Å². The quantitative estimate of drug-likeness (QED) is 0.357. The van der Waals surface area contributed by atoms with Crippen LogP contribution in [0, 0.1) is 6.92 Å². The summed E-state index contributed by atoms with van der Waals surface area (Å²) in [7, 11) is 0. The molecule has 0 radical (unpaired) electrons. The molecule has 0 spiro atoms. The molecule has 1 saturated heterocycles. The topological polar surface area (TPSA) is 50.7 Å². The molecule has 1 fully saturated rings. The number of rotatable bonds is 9. The first kappa shape index (κ1) is 25.4. The smallest absolute Gasteiger partial charge is 0.371 e. The Morgan fingerprint density at radius 3 is 2.44 bits per heavy atom. The summed E-state index contributed by atoms with van der Waals surface area (Å²) in [6, 6.07) is 13.3. The molecule has 4 nitrogen and oxygen atoms in total. The van der Waals surface area contributed by atoms with Gasteiger partial charge in [-0.1, -0.05) is 54.1 Å². The van der Waals surface area contributed by atoms with Gasteiger partial charge in [0.25, 0.3) is 0 Å². The first-order chi connectivity index (χ1) is 16.0. The van der Waals surface area contributed by atoms with E-state index in [4.69, 9.17) is 9.73 Å². The SMILES string of the molecule is C=C[C@](CO[C@H](C)c1cc(C)cc(C(F)(F)F)c1)(/N=C\[C@]1(C=C)CCC(=O)N1)c1ccccc1. The van der Waals surface area contributed by atoms with Crippen LogP contribution in [0.15, 0.2) is 78.8 Å². The molecule has 1 aliphatic rings. The summed E-state index contributed by atoms with van der Waals surface area (Å²) >= 11 is 0. The van der Waals surface area contributed by atoms with E-state index in [1.165, 1.54) is 0 Å². The van der Waals surface area contributed by atoms with Gasteiger partial charge in [0.1, 0.15) is 5.54 Å². The zero-order valence-electron chi connectivity index (χ0n) is 19.4. The maximum absolute atomic E-state index is 13.3. The predicted octanol–water partition coefficient (Wildman–Crippen LogP) is 6.08. The van der Waals surface area contributed by atoms with Crippen molar-refractivity contribution in [1.82, 2.24) is 5.32 Å². The van der Waals surface area contributed by atoms with Gasteiger partial charge in [-0.15, -0.1) is 13.2 Å². The minimum Gasteiger partial charge on any atom is -0.371 e. The van der Waals surface area contributed by atoms with Crippen LogP contribution in [0.2, 0.25) is 0 Å². The van der Waals surface area contributed by atoms with Crippen molar-refractivity contribution in [3.8, 4) is 0 Å². The van der Waals surface area contributed by atoms with Gasteiger partial charge < -0.3 is 10.1 Å². The number of benzene rings is 2. The van der Waals surface area contributed by atoms with E-state index in [2.05, 4.69) is 18.5 Å². The van der Waals surface area contributed by atoms with E-state index in [0.717, 1.165) is 17.7 Å². The zero-order chi connectivity index (χ0) is 25.0. The first-order valence-corrected chi connectivity index (χ1v) is 11.0. The molecule has 7 heteroatoms. The molecule has 1 heterocycles. The molecule has 180 valence electrons. The third kappa shape index (κ3) is 5.65. The zero-order valence-corrected chi connectivity index (χ0v) is 19.4. The summed E-state index contributed by atoms with van der Waals surface area (Å²) in [5.74, 6) is -0.0833. The lowest BCUT2D eigenvalue weighted by atomic mass is 9.90. The standard InChI is InChI=1S/C27H29F3N2O2/c1-5-25(13-12-24(33)32-25)17-31-26(6-2,22-10-8-7-9-11-22)18-34-20(4)21-14-19(3)15-23(16-21)27(28,29)30/h5-11,14-17,20H,1-2,12-13,18H2,3-4H3,(H,32,33)/b31-17-/t20-,25+,26-/m1/s1. The highest BCUT2D eigenvalue weighted by Gasteiger charge is 2.36. The molecule has 0 aromatic heterocycles. The first-order valence-electron chi connectivity index (χ1n) is 11.0. The highest BCUT2D eigenvalue weighted by molar-refractivity contribution is 5.89. The fourth-order valence-corrected chi connectivity index (χ4v) is 3.95. The molecule has 0 bridgehead atoms.